The third kappa shape index (κ3) is 5.02. The molecular formula is C23H21F4N3O4S. The van der Waals surface area contributed by atoms with Gasteiger partial charge in [-0.2, -0.15) is 18.3 Å². The summed E-state index contributed by atoms with van der Waals surface area (Å²) in [4.78, 5) is 14.4. The van der Waals surface area contributed by atoms with Crippen LogP contribution in [0.3, 0.4) is 0 Å². The van der Waals surface area contributed by atoms with Crippen molar-refractivity contribution < 1.29 is 35.5 Å². The van der Waals surface area contributed by atoms with Gasteiger partial charge < -0.3 is 9.64 Å². The molecule has 1 aromatic heterocycles. The predicted molar refractivity (Wildman–Crippen MR) is 118 cm³/mol. The molecule has 0 radical (unpaired) electrons. The lowest BCUT2D eigenvalue weighted by Crippen LogP contribution is -2.33. The van der Waals surface area contributed by atoms with Crippen molar-refractivity contribution in [3.05, 3.63) is 70.8 Å². The number of alkyl halides is 3. The Morgan fingerprint density at radius 1 is 1.14 bits per heavy atom. The fourth-order valence-corrected chi connectivity index (χ4v) is 4.28. The lowest BCUT2D eigenvalue weighted by atomic mass is 10.1. The molecule has 1 aliphatic heterocycles. The topological polar surface area (TPSA) is 81.5 Å². The minimum atomic E-state index is -4.68. The normalized spacial score (nSPS) is 14.7. The van der Waals surface area contributed by atoms with Crippen LogP contribution < -0.4 is 4.74 Å². The molecule has 186 valence electrons. The summed E-state index contributed by atoms with van der Waals surface area (Å²) in [5, 5.41) is 4.44. The second-order valence-corrected chi connectivity index (χ2v) is 10.4. The Hall–Kier alpha value is -3.41. The molecule has 0 unspecified atom stereocenters. The summed E-state index contributed by atoms with van der Waals surface area (Å²) in [5.74, 6) is -1.41. The second kappa shape index (κ2) is 8.67. The van der Waals surface area contributed by atoms with Gasteiger partial charge in [-0.3, -0.25) is 4.79 Å². The van der Waals surface area contributed by atoms with Crippen LogP contribution in [0.2, 0.25) is 0 Å². The minimum absolute atomic E-state index is 0.0543. The SMILES string of the molecule is Cc1cc(-n2cc3c(n2)CN(C(=O)c2cc(S(C)(=O)=O)ccc2O[C@@H](C)C(F)(F)F)C3)ccc1F. The monoisotopic (exact) mass is 511 g/mol. The van der Waals surface area contributed by atoms with Crippen molar-refractivity contribution in [3.63, 3.8) is 0 Å². The highest BCUT2D eigenvalue weighted by atomic mass is 32.2. The standard InChI is InChI=1S/C23H21F4N3O4S/c1-13-8-16(4-6-19(13)24)30-11-15-10-29(12-20(15)28-30)22(31)18-9-17(35(3,32)33)5-7-21(18)34-14(2)23(25,26)27/h4-9,11,14H,10,12H2,1-3H3/t14-/m0/s1. The average molecular weight is 511 g/mol. The third-order valence-corrected chi connectivity index (χ3v) is 6.76. The van der Waals surface area contributed by atoms with Gasteiger partial charge in [-0.15, -0.1) is 0 Å². The van der Waals surface area contributed by atoms with Crippen molar-refractivity contribution >= 4 is 15.7 Å². The number of benzene rings is 2. The van der Waals surface area contributed by atoms with Gasteiger partial charge in [0.2, 0.25) is 0 Å². The van der Waals surface area contributed by atoms with E-state index in [-0.39, 0.29) is 35.1 Å². The van der Waals surface area contributed by atoms with Crippen molar-refractivity contribution in [2.24, 2.45) is 0 Å². The van der Waals surface area contributed by atoms with E-state index >= 15 is 0 Å². The van der Waals surface area contributed by atoms with Crippen LogP contribution in [-0.4, -0.2) is 47.5 Å². The highest BCUT2D eigenvalue weighted by molar-refractivity contribution is 7.90. The maximum absolute atomic E-state index is 13.6. The number of halogens is 4. The Morgan fingerprint density at radius 2 is 1.86 bits per heavy atom. The zero-order chi connectivity index (χ0) is 25.7. The Morgan fingerprint density at radius 3 is 2.46 bits per heavy atom. The Bertz CT molecular complexity index is 1390. The van der Waals surface area contributed by atoms with Crippen LogP contribution in [0.5, 0.6) is 5.75 Å². The molecule has 1 amide bonds. The zero-order valence-electron chi connectivity index (χ0n) is 18.9. The molecule has 1 aliphatic rings. The fraction of sp³-hybridized carbons (Fsp3) is 0.304. The van der Waals surface area contributed by atoms with Crippen LogP contribution in [0.15, 0.2) is 47.5 Å². The molecule has 7 nitrogen and oxygen atoms in total. The summed E-state index contributed by atoms with van der Waals surface area (Å²) < 4.78 is 83.3. The third-order valence-electron chi connectivity index (χ3n) is 5.65. The van der Waals surface area contributed by atoms with E-state index in [2.05, 4.69) is 5.10 Å². The Kier molecular flexibility index (Phi) is 6.12. The largest absolute Gasteiger partial charge is 0.480 e. The molecule has 4 rings (SSSR count). The summed E-state index contributed by atoms with van der Waals surface area (Å²) in [6.45, 7) is 2.58. The van der Waals surface area contributed by atoms with Crippen molar-refractivity contribution in [2.75, 3.05) is 6.26 Å². The molecule has 2 aromatic carbocycles. The van der Waals surface area contributed by atoms with Crippen LogP contribution in [0.1, 0.15) is 34.1 Å². The van der Waals surface area contributed by atoms with Gasteiger partial charge in [0.25, 0.3) is 5.91 Å². The van der Waals surface area contributed by atoms with E-state index in [1.165, 1.54) is 11.0 Å². The van der Waals surface area contributed by atoms with Gasteiger partial charge in [0.05, 0.1) is 28.4 Å². The number of carbonyl (C=O) groups is 1. The van der Waals surface area contributed by atoms with Gasteiger partial charge in [0.1, 0.15) is 11.6 Å². The molecule has 0 bridgehead atoms. The maximum atomic E-state index is 13.6. The molecular weight excluding hydrogens is 490 g/mol. The lowest BCUT2D eigenvalue weighted by Gasteiger charge is -2.22. The van der Waals surface area contributed by atoms with Gasteiger partial charge in [0, 0.05) is 24.6 Å². The highest BCUT2D eigenvalue weighted by Gasteiger charge is 2.39. The van der Waals surface area contributed by atoms with Crippen LogP contribution in [0.25, 0.3) is 5.69 Å². The number of rotatable bonds is 5. The number of amides is 1. The van der Waals surface area contributed by atoms with E-state index in [9.17, 15) is 30.8 Å². The number of nitrogens with zero attached hydrogens (tertiary/aromatic N) is 3. The number of hydrogen-bond acceptors (Lipinski definition) is 5. The molecule has 0 saturated heterocycles. The minimum Gasteiger partial charge on any atom is -0.480 e. The van der Waals surface area contributed by atoms with Crippen molar-refractivity contribution in [3.8, 4) is 11.4 Å². The van der Waals surface area contributed by atoms with Crippen molar-refractivity contribution in [1.82, 2.24) is 14.7 Å². The van der Waals surface area contributed by atoms with E-state index in [4.69, 9.17) is 4.74 Å². The van der Waals surface area contributed by atoms with Gasteiger partial charge >= 0.3 is 6.18 Å². The van der Waals surface area contributed by atoms with Gasteiger partial charge in [-0.05, 0) is 55.8 Å². The molecule has 0 N–H and O–H groups in total. The smallest absolute Gasteiger partial charge is 0.425 e. The summed E-state index contributed by atoms with van der Waals surface area (Å²) in [7, 11) is -3.73. The Balaban J connectivity index is 1.62. The van der Waals surface area contributed by atoms with Crippen LogP contribution in [0, 0.1) is 12.7 Å². The van der Waals surface area contributed by atoms with E-state index in [1.807, 2.05) is 0 Å². The van der Waals surface area contributed by atoms with E-state index in [0.717, 1.165) is 31.4 Å². The first-order chi connectivity index (χ1) is 16.2. The molecule has 35 heavy (non-hydrogen) atoms. The first-order valence-electron chi connectivity index (χ1n) is 10.4. The van der Waals surface area contributed by atoms with Crippen molar-refractivity contribution in [2.45, 2.75) is 44.1 Å². The summed E-state index contributed by atoms with van der Waals surface area (Å²) >= 11 is 0. The van der Waals surface area contributed by atoms with Crippen molar-refractivity contribution in [1.29, 1.82) is 0 Å². The average Bonchev–Trinajstić information content (AvgIpc) is 3.33. The Labute approximate surface area is 198 Å². The molecule has 0 fully saturated rings. The highest BCUT2D eigenvalue weighted by Crippen LogP contribution is 2.32. The molecule has 0 spiro atoms. The summed E-state index contributed by atoms with van der Waals surface area (Å²) in [5.41, 5.74) is 2.04. The maximum Gasteiger partial charge on any atom is 0.425 e. The molecule has 0 aliphatic carbocycles. The number of aromatic nitrogens is 2. The number of carbonyl (C=O) groups excluding carboxylic acids is 1. The summed E-state index contributed by atoms with van der Waals surface area (Å²) in [6, 6.07) is 7.69. The zero-order valence-corrected chi connectivity index (χ0v) is 19.7. The number of fused-ring (bicyclic) bond motifs is 1. The number of hydrogen-bond donors (Lipinski definition) is 0. The fourth-order valence-electron chi connectivity index (χ4n) is 3.64. The number of ether oxygens (including phenoxy) is 1. The van der Waals surface area contributed by atoms with Gasteiger partial charge in [0.15, 0.2) is 15.9 Å². The molecule has 1 atom stereocenters. The second-order valence-electron chi connectivity index (χ2n) is 8.37. The lowest BCUT2D eigenvalue weighted by molar-refractivity contribution is -0.189. The van der Waals surface area contributed by atoms with E-state index in [1.54, 1.807) is 29.9 Å². The summed E-state index contributed by atoms with van der Waals surface area (Å²) in [6.07, 6.45) is -4.27. The molecule has 2 heterocycles. The quantitative estimate of drug-likeness (QED) is 0.480. The van der Waals surface area contributed by atoms with Crippen LogP contribution in [-0.2, 0) is 22.9 Å². The first-order valence-corrected chi connectivity index (χ1v) is 12.3. The molecule has 12 heteroatoms. The van der Waals surface area contributed by atoms with Gasteiger partial charge in [-0.1, -0.05) is 0 Å². The number of aryl methyl sites for hydroxylation is 1. The first kappa shape index (κ1) is 24.7. The van der Waals surface area contributed by atoms with E-state index < -0.39 is 28.0 Å². The van der Waals surface area contributed by atoms with Crippen LogP contribution in [0.4, 0.5) is 17.6 Å². The number of sulfone groups is 1. The molecule has 3 aromatic rings. The van der Waals surface area contributed by atoms with Gasteiger partial charge in [-0.25, -0.2) is 17.5 Å². The van der Waals surface area contributed by atoms with Crippen LogP contribution >= 0.6 is 0 Å². The van der Waals surface area contributed by atoms with E-state index in [0.29, 0.717) is 22.5 Å². The molecule has 0 saturated carbocycles. The predicted octanol–water partition coefficient (Wildman–Crippen LogP) is 4.21.